The smallest absolute Gasteiger partial charge is 0.303 e. The molecule has 23 heavy (non-hydrogen) atoms. The lowest BCUT2D eigenvalue weighted by Crippen LogP contribution is -2.44. The quantitative estimate of drug-likeness (QED) is 0.647. The molecule has 0 saturated carbocycles. The van der Waals surface area contributed by atoms with Gasteiger partial charge in [-0.1, -0.05) is 26.7 Å². The van der Waals surface area contributed by atoms with Crippen LogP contribution in [0, 0.1) is 11.8 Å². The van der Waals surface area contributed by atoms with Gasteiger partial charge in [0.1, 0.15) is 0 Å². The Morgan fingerprint density at radius 1 is 1.26 bits per heavy atom. The van der Waals surface area contributed by atoms with E-state index in [1.807, 2.05) is 0 Å². The van der Waals surface area contributed by atoms with Crippen molar-refractivity contribution in [2.45, 2.75) is 71.8 Å². The molecule has 2 N–H and O–H groups in total. The maximum Gasteiger partial charge on any atom is 0.303 e. The van der Waals surface area contributed by atoms with Gasteiger partial charge in [0.05, 0.1) is 6.54 Å². The molecule has 2 unspecified atom stereocenters. The molecule has 2 atom stereocenters. The fraction of sp³-hybridized carbons (Fsp3) is 0.889. The molecule has 0 bridgehead atoms. The number of rotatable bonds is 10. The predicted octanol–water partition coefficient (Wildman–Crippen LogP) is 2.89. The molecule has 0 aromatic heterocycles. The Labute approximate surface area is 140 Å². The average Bonchev–Trinajstić information content (AvgIpc) is 2.44. The highest BCUT2D eigenvalue weighted by Crippen LogP contribution is 2.20. The van der Waals surface area contributed by atoms with Crippen LogP contribution in [0.1, 0.15) is 65.7 Å². The summed E-state index contributed by atoms with van der Waals surface area (Å²) in [5.74, 6) is 0.501. The number of carbonyl (C=O) groups is 2. The standard InChI is InChI=1S/C18H34N2O3/c1-14(2)6-4-7-15(3)19-17(21)13-20-11-5-8-16(12-20)9-10-18(22)23/h14-16H,4-13H2,1-3H3,(H,19,21)(H,22,23). The number of carboxylic acids is 1. The van der Waals surface area contributed by atoms with Crippen molar-refractivity contribution in [2.24, 2.45) is 11.8 Å². The van der Waals surface area contributed by atoms with Gasteiger partial charge >= 0.3 is 5.97 Å². The molecule has 1 aliphatic rings. The molecule has 0 aromatic rings. The largest absolute Gasteiger partial charge is 0.481 e. The van der Waals surface area contributed by atoms with Gasteiger partial charge < -0.3 is 10.4 Å². The van der Waals surface area contributed by atoms with E-state index >= 15 is 0 Å². The van der Waals surface area contributed by atoms with Crippen molar-refractivity contribution in [3.05, 3.63) is 0 Å². The molecular formula is C18H34N2O3. The second-order valence-corrected chi connectivity index (χ2v) is 7.47. The van der Waals surface area contributed by atoms with Crippen LogP contribution >= 0.6 is 0 Å². The Morgan fingerprint density at radius 2 is 2.00 bits per heavy atom. The third kappa shape index (κ3) is 9.59. The lowest BCUT2D eigenvalue weighted by atomic mass is 9.93. The summed E-state index contributed by atoms with van der Waals surface area (Å²) in [6.45, 7) is 8.75. The summed E-state index contributed by atoms with van der Waals surface area (Å²) >= 11 is 0. The molecule has 0 radical (unpaired) electrons. The monoisotopic (exact) mass is 326 g/mol. The molecule has 0 aromatic carbocycles. The van der Waals surface area contributed by atoms with E-state index in [1.54, 1.807) is 0 Å². The Hall–Kier alpha value is -1.10. The highest BCUT2D eigenvalue weighted by Gasteiger charge is 2.22. The zero-order valence-corrected chi connectivity index (χ0v) is 15.0. The summed E-state index contributed by atoms with van der Waals surface area (Å²) in [5.41, 5.74) is 0. The van der Waals surface area contributed by atoms with Gasteiger partial charge in [0, 0.05) is 19.0 Å². The summed E-state index contributed by atoms with van der Waals surface area (Å²) in [4.78, 5) is 25.0. The third-order valence-electron chi connectivity index (χ3n) is 4.56. The zero-order valence-electron chi connectivity index (χ0n) is 15.0. The first-order valence-corrected chi connectivity index (χ1v) is 9.10. The molecule has 1 heterocycles. The second kappa shape index (κ2) is 10.6. The molecule has 0 spiro atoms. The Balaban J connectivity index is 2.23. The first kappa shape index (κ1) is 19.9. The van der Waals surface area contributed by atoms with Crippen LogP contribution in [0.25, 0.3) is 0 Å². The van der Waals surface area contributed by atoms with Gasteiger partial charge in [-0.3, -0.25) is 14.5 Å². The van der Waals surface area contributed by atoms with Crippen LogP contribution in [0.2, 0.25) is 0 Å². The van der Waals surface area contributed by atoms with Crippen LogP contribution in [-0.4, -0.2) is 47.6 Å². The molecule has 0 aliphatic carbocycles. The minimum atomic E-state index is -0.727. The number of hydrogen-bond acceptors (Lipinski definition) is 3. The molecule has 1 saturated heterocycles. The fourth-order valence-corrected chi connectivity index (χ4v) is 3.29. The molecule has 1 fully saturated rings. The fourth-order valence-electron chi connectivity index (χ4n) is 3.29. The minimum Gasteiger partial charge on any atom is -0.481 e. The Morgan fingerprint density at radius 3 is 2.65 bits per heavy atom. The normalized spacial score (nSPS) is 20.4. The van der Waals surface area contributed by atoms with E-state index in [2.05, 4.69) is 31.0 Å². The van der Waals surface area contributed by atoms with Crippen LogP contribution in [0.5, 0.6) is 0 Å². The van der Waals surface area contributed by atoms with Crippen molar-refractivity contribution in [3.63, 3.8) is 0 Å². The van der Waals surface area contributed by atoms with Crippen molar-refractivity contribution in [1.29, 1.82) is 0 Å². The van der Waals surface area contributed by atoms with E-state index in [9.17, 15) is 9.59 Å². The number of aliphatic carboxylic acids is 1. The molecule has 134 valence electrons. The zero-order chi connectivity index (χ0) is 17.2. The van der Waals surface area contributed by atoms with Gasteiger partial charge in [-0.2, -0.15) is 0 Å². The lowest BCUT2D eigenvalue weighted by molar-refractivity contribution is -0.137. The highest BCUT2D eigenvalue weighted by molar-refractivity contribution is 5.78. The van der Waals surface area contributed by atoms with Crippen LogP contribution in [-0.2, 0) is 9.59 Å². The number of carbonyl (C=O) groups excluding carboxylic acids is 1. The topological polar surface area (TPSA) is 69.6 Å². The summed E-state index contributed by atoms with van der Waals surface area (Å²) in [7, 11) is 0. The van der Waals surface area contributed by atoms with Crippen molar-refractivity contribution >= 4 is 11.9 Å². The maximum absolute atomic E-state index is 12.1. The SMILES string of the molecule is CC(C)CCCC(C)NC(=O)CN1CCCC(CCC(=O)O)C1. The number of carboxylic acid groups (broad SMARTS) is 1. The van der Waals surface area contributed by atoms with Crippen molar-refractivity contribution in [3.8, 4) is 0 Å². The molecule has 1 amide bonds. The number of piperidine rings is 1. The van der Waals surface area contributed by atoms with Crippen LogP contribution in [0.4, 0.5) is 0 Å². The summed E-state index contributed by atoms with van der Waals surface area (Å²) in [6.07, 6.45) is 6.48. The number of nitrogens with one attached hydrogen (secondary N) is 1. The van der Waals surface area contributed by atoms with Crippen LogP contribution < -0.4 is 5.32 Å². The van der Waals surface area contributed by atoms with E-state index < -0.39 is 5.97 Å². The summed E-state index contributed by atoms with van der Waals surface area (Å²) < 4.78 is 0. The molecule has 5 heteroatoms. The number of amides is 1. The maximum atomic E-state index is 12.1. The van der Waals surface area contributed by atoms with E-state index in [-0.39, 0.29) is 18.4 Å². The highest BCUT2D eigenvalue weighted by atomic mass is 16.4. The Bertz CT molecular complexity index is 371. The third-order valence-corrected chi connectivity index (χ3v) is 4.56. The van der Waals surface area contributed by atoms with E-state index in [0.29, 0.717) is 18.4 Å². The second-order valence-electron chi connectivity index (χ2n) is 7.47. The average molecular weight is 326 g/mol. The van der Waals surface area contributed by atoms with E-state index in [0.717, 1.165) is 45.2 Å². The first-order valence-electron chi connectivity index (χ1n) is 9.10. The molecule has 1 aliphatic heterocycles. The van der Waals surface area contributed by atoms with Crippen molar-refractivity contribution in [2.75, 3.05) is 19.6 Å². The van der Waals surface area contributed by atoms with Gasteiger partial charge in [-0.05, 0) is 51.0 Å². The lowest BCUT2D eigenvalue weighted by Gasteiger charge is -2.32. The molecule has 5 nitrogen and oxygen atoms in total. The number of hydrogen-bond donors (Lipinski definition) is 2. The van der Waals surface area contributed by atoms with Crippen LogP contribution in [0.3, 0.4) is 0 Å². The molecular weight excluding hydrogens is 292 g/mol. The van der Waals surface area contributed by atoms with Gasteiger partial charge in [0.2, 0.25) is 5.91 Å². The van der Waals surface area contributed by atoms with Crippen molar-refractivity contribution < 1.29 is 14.7 Å². The van der Waals surface area contributed by atoms with Gasteiger partial charge in [0.15, 0.2) is 0 Å². The summed E-state index contributed by atoms with van der Waals surface area (Å²) in [5, 5.41) is 11.9. The van der Waals surface area contributed by atoms with E-state index in [4.69, 9.17) is 5.11 Å². The molecule has 1 rings (SSSR count). The van der Waals surface area contributed by atoms with Crippen LogP contribution in [0.15, 0.2) is 0 Å². The van der Waals surface area contributed by atoms with E-state index in [1.165, 1.54) is 6.42 Å². The minimum absolute atomic E-state index is 0.0981. The Kier molecular flexibility index (Phi) is 9.22. The summed E-state index contributed by atoms with van der Waals surface area (Å²) in [6, 6.07) is 0.230. The van der Waals surface area contributed by atoms with Gasteiger partial charge in [-0.25, -0.2) is 0 Å². The first-order chi connectivity index (χ1) is 10.9. The van der Waals surface area contributed by atoms with Gasteiger partial charge in [0.25, 0.3) is 0 Å². The van der Waals surface area contributed by atoms with Gasteiger partial charge in [-0.15, -0.1) is 0 Å². The number of likely N-dealkylation sites (tertiary alicyclic amines) is 1. The van der Waals surface area contributed by atoms with Crippen molar-refractivity contribution in [1.82, 2.24) is 10.2 Å². The number of nitrogens with zero attached hydrogens (tertiary/aromatic N) is 1. The predicted molar refractivity (Wildman–Crippen MR) is 92.3 cm³/mol.